The van der Waals surface area contributed by atoms with E-state index in [9.17, 15) is 50.0 Å². The number of phosphoric ester groups is 1. The molecule has 0 spiro atoms. The molecule has 0 saturated heterocycles. The zero-order chi connectivity index (χ0) is 40.9. The van der Waals surface area contributed by atoms with E-state index in [0.717, 1.165) is 70.6 Å². The van der Waals surface area contributed by atoms with Gasteiger partial charge in [-0.1, -0.05) is 134 Å². The molecule has 1 rings (SSSR count). The van der Waals surface area contributed by atoms with Gasteiger partial charge in [0.25, 0.3) is 0 Å². The quantitative estimate of drug-likeness (QED) is 0.0218. The first-order chi connectivity index (χ1) is 26.3. The zero-order valence-electron chi connectivity index (χ0n) is 33.6. The minimum atomic E-state index is -5.13. The Labute approximate surface area is 330 Å². The van der Waals surface area contributed by atoms with E-state index < -0.39 is 75.2 Å². The topological polar surface area (TPSA) is 226 Å². The van der Waals surface area contributed by atoms with Gasteiger partial charge in [0.15, 0.2) is 0 Å². The Balaban J connectivity index is 2.60. The minimum Gasteiger partial charge on any atom is -0.393 e. The summed E-state index contributed by atoms with van der Waals surface area (Å²) in [5.41, 5.74) is 0. The molecule has 55 heavy (non-hydrogen) atoms. The van der Waals surface area contributed by atoms with Crippen LogP contribution in [-0.2, 0) is 18.4 Å². The van der Waals surface area contributed by atoms with Crippen LogP contribution in [0.5, 0.6) is 0 Å². The largest absolute Gasteiger partial charge is 0.472 e. The third-order valence-electron chi connectivity index (χ3n) is 9.97. The highest BCUT2D eigenvalue weighted by Crippen LogP contribution is 2.47. The molecule has 0 radical (unpaired) electrons. The number of hydrogen-bond donors (Lipinski definition) is 9. The molecule has 1 aliphatic rings. The van der Waals surface area contributed by atoms with E-state index in [0.29, 0.717) is 12.8 Å². The van der Waals surface area contributed by atoms with E-state index in [4.69, 9.17) is 9.05 Å². The molecule has 0 heterocycles. The summed E-state index contributed by atoms with van der Waals surface area (Å²) in [6.07, 6.45) is 19.6. The molecule has 0 aromatic heterocycles. The minimum absolute atomic E-state index is 0.255. The van der Waals surface area contributed by atoms with Crippen molar-refractivity contribution in [1.82, 2.24) is 5.32 Å². The summed E-state index contributed by atoms with van der Waals surface area (Å²) in [5.74, 6) is -0.605. The van der Waals surface area contributed by atoms with E-state index >= 15 is 0 Å². The van der Waals surface area contributed by atoms with E-state index in [1.54, 1.807) is 6.08 Å². The molecule has 1 fully saturated rings. The fourth-order valence-electron chi connectivity index (χ4n) is 6.44. The lowest BCUT2D eigenvalue weighted by Crippen LogP contribution is -2.64. The Morgan fingerprint density at radius 3 is 1.67 bits per heavy atom. The van der Waals surface area contributed by atoms with Crippen LogP contribution in [0, 0.1) is 0 Å². The number of aliphatic hydroxyl groups is 7. The van der Waals surface area contributed by atoms with Gasteiger partial charge < -0.3 is 46.0 Å². The Hall–Kier alpha value is -1.48. The second-order valence-electron chi connectivity index (χ2n) is 15.0. The van der Waals surface area contributed by atoms with Crippen LogP contribution in [0.2, 0.25) is 0 Å². The molecule has 0 aliphatic heterocycles. The van der Waals surface area contributed by atoms with Gasteiger partial charge in [-0.15, -0.1) is 0 Å². The lowest BCUT2D eigenvalue weighted by Gasteiger charge is -2.41. The maximum absolute atomic E-state index is 12.9. The molecule has 0 bridgehead atoms. The van der Waals surface area contributed by atoms with Crippen LogP contribution < -0.4 is 5.32 Å². The third-order valence-corrected chi connectivity index (χ3v) is 11.0. The fraction of sp³-hybridized carbons (Fsp3) is 0.829. The van der Waals surface area contributed by atoms with Crippen LogP contribution in [0.3, 0.4) is 0 Å². The van der Waals surface area contributed by atoms with E-state index in [1.165, 1.54) is 57.4 Å². The normalized spacial score (nSPS) is 24.8. The molecule has 9 N–H and O–H groups in total. The van der Waals surface area contributed by atoms with Crippen molar-refractivity contribution in [2.45, 2.75) is 210 Å². The molecule has 0 aromatic carbocycles. The van der Waals surface area contributed by atoms with E-state index in [2.05, 4.69) is 43.5 Å². The van der Waals surface area contributed by atoms with Gasteiger partial charge in [0.2, 0.25) is 5.91 Å². The first-order valence-corrected chi connectivity index (χ1v) is 22.5. The lowest BCUT2D eigenvalue weighted by molar-refractivity contribution is -0.220. The molecule has 14 heteroatoms. The molecule has 1 amide bonds. The Bertz CT molecular complexity index is 1090. The van der Waals surface area contributed by atoms with Crippen molar-refractivity contribution in [3.05, 3.63) is 36.5 Å². The number of nitrogens with one attached hydrogen (secondary N) is 1. The molecule has 8 atom stereocenters. The van der Waals surface area contributed by atoms with Gasteiger partial charge in [0.1, 0.15) is 36.6 Å². The van der Waals surface area contributed by atoms with Gasteiger partial charge in [0.05, 0.1) is 31.3 Å². The summed E-state index contributed by atoms with van der Waals surface area (Å²) in [7, 11) is -5.13. The summed E-state index contributed by atoms with van der Waals surface area (Å²) in [6.45, 7) is 3.65. The zero-order valence-corrected chi connectivity index (χ0v) is 34.5. The molecule has 322 valence electrons. The average molecular weight is 806 g/mol. The molecule has 1 saturated carbocycles. The van der Waals surface area contributed by atoms with Crippen molar-refractivity contribution in [3.63, 3.8) is 0 Å². The number of phosphoric acid groups is 1. The number of aliphatic hydroxyl groups excluding tert-OH is 7. The number of hydrogen-bond acceptors (Lipinski definition) is 11. The van der Waals surface area contributed by atoms with E-state index in [1.807, 2.05) is 0 Å². The standard InChI is InChI=1S/C41H76NO12P/c1-3-5-7-9-11-13-15-16-17-18-19-20-22-24-26-28-32(43)30-35(45)42-33(34(44)29-27-25-23-21-14-12-10-8-6-4-2)31-53-55(51,52)54-41-39(49)37(47)36(46)38(48)40(41)50/h11,13,16-17,27,29,32-34,36-41,43-44,46-50H,3-10,12,14-15,18-26,28,30-31H2,1-2H3,(H,42,45)(H,51,52)/b13-11-,17-16-,29-27+. The SMILES string of the molecule is CCCCC/C=C\C/C=C\CCCCCCCC(O)CC(=O)NC(COP(=O)(O)OC1C(O)C(O)C(O)C(O)C1O)C(O)/C=C/CCCCCCCCCC. The summed E-state index contributed by atoms with van der Waals surface area (Å²) in [5, 5.41) is 74.1. The molecule has 0 aromatic rings. The van der Waals surface area contributed by atoms with Crippen molar-refractivity contribution >= 4 is 13.7 Å². The van der Waals surface area contributed by atoms with Crippen LogP contribution in [0.25, 0.3) is 0 Å². The van der Waals surface area contributed by atoms with Crippen LogP contribution >= 0.6 is 7.82 Å². The van der Waals surface area contributed by atoms with Crippen molar-refractivity contribution in [1.29, 1.82) is 0 Å². The Kier molecular flexibility index (Phi) is 29.5. The number of allylic oxidation sites excluding steroid dienone is 5. The van der Waals surface area contributed by atoms with E-state index in [-0.39, 0.29) is 6.42 Å². The first-order valence-electron chi connectivity index (χ1n) is 21.0. The molecule has 1 aliphatic carbocycles. The summed E-state index contributed by atoms with van der Waals surface area (Å²) in [6, 6.07) is -1.24. The van der Waals surface area contributed by atoms with Gasteiger partial charge in [0, 0.05) is 0 Å². The van der Waals surface area contributed by atoms with Gasteiger partial charge in [-0.2, -0.15) is 0 Å². The molecular weight excluding hydrogens is 729 g/mol. The number of rotatable bonds is 33. The smallest absolute Gasteiger partial charge is 0.393 e. The van der Waals surface area contributed by atoms with Gasteiger partial charge >= 0.3 is 7.82 Å². The summed E-state index contributed by atoms with van der Waals surface area (Å²) < 4.78 is 22.7. The maximum Gasteiger partial charge on any atom is 0.472 e. The van der Waals surface area contributed by atoms with Gasteiger partial charge in [-0.05, 0) is 51.4 Å². The van der Waals surface area contributed by atoms with Gasteiger partial charge in [-0.25, -0.2) is 4.57 Å². The lowest BCUT2D eigenvalue weighted by atomic mass is 9.85. The summed E-state index contributed by atoms with van der Waals surface area (Å²) >= 11 is 0. The highest BCUT2D eigenvalue weighted by molar-refractivity contribution is 7.47. The number of unbranched alkanes of at least 4 members (excludes halogenated alkanes) is 16. The van der Waals surface area contributed by atoms with Gasteiger partial charge in [-0.3, -0.25) is 13.8 Å². The predicted octanol–water partition coefficient (Wildman–Crippen LogP) is 5.80. The highest BCUT2D eigenvalue weighted by Gasteiger charge is 2.51. The third kappa shape index (κ3) is 24.1. The fourth-order valence-corrected chi connectivity index (χ4v) is 7.41. The van der Waals surface area contributed by atoms with Crippen LogP contribution in [0.15, 0.2) is 36.5 Å². The van der Waals surface area contributed by atoms with Crippen molar-refractivity contribution < 1.29 is 59.0 Å². The summed E-state index contributed by atoms with van der Waals surface area (Å²) in [4.78, 5) is 23.3. The van der Waals surface area contributed by atoms with Crippen LogP contribution in [0.1, 0.15) is 155 Å². The van der Waals surface area contributed by atoms with Crippen molar-refractivity contribution in [2.75, 3.05) is 6.61 Å². The highest BCUT2D eigenvalue weighted by atomic mass is 31.2. The predicted molar refractivity (Wildman–Crippen MR) is 215 cm³/mol. The van der Waals surface area contributed by atoms with Crippen LogP contribution in [0.4, 0.5) is 0 Å². The molecular formula is C41H76NO12P. The first kappa shape index (κ1) is 51.5. The maximum atomic E-state index is 12.9. The Morgan fingerprint density at radius 1 is 0.655 bits per heavy atom. The van der Waals surface area contributed by atoms with Crippen LogP contribution in [-0.4, -0.2) is 108 Å². The Morgan fingerprint density at radius 2 is 1.11 bits per heavy atom. The molecule has 13 nitrogen and oxygen atoms in total. The molecule has 8 unspecified atom stereocenters. The second-order valence-corrected chi connectivity index (χ2v) is 16.4. The second kappa shape index (κ2) is 31.5. The number of carbonyl (C=O) groups excluding carboxylic acids is 1. The number of carbonyl (C=O) groups is 1. The monoisotopic (exact) mass is 806 g/mol. The van der Waals surface area contributed by atoms with Crippen molar-refractivity contribution in [2.24, 2.45) is 0 Å². The average Bonchev–Trinajstić information content (AvgIpc) is 3.15. The number of amides is 1. The van der Waals surface area contributed by atoms with Crippen molar-refractivity contribution in [3.8, 4) is 0 Å².